The van der Waals surface area contributed by atoms with Gasteiger partial charge in [-0.25, -0.2) is 0 Å². The molecule has 1 saturated heterocycles. The second-order valence-corrected chi connectivity index (χ2v) is 7.43. The van der Waals surface area contributed by atoms with Gasteiger partial charge in [-0.05, 0) is 31.6 Å². The molecule has 1 aromatic heterocycles. The van der Waals surface area contributed by atoms with Crippen LogP contribution in [0.25, 0.3) is 0 Å². The average Bonchev–Trinajstić information content (AvgIpc) is 3.01. The summed E-state index contributed by atoms with van der Waals surface area (Å²) in [6.45, 7) is 3.17. The standard InChI is InChI=1S/C18H31N5O/c1-19-17(24)18(21-16-8-11-20-22(16)2)9-12-23(13-10-18)14-15-6-4-3-5-7-15/h8,11,15,21H,3-7,9-10,12-14H2,1-2H3,(H,19,24). The van der Waals surface area contributed by atoms with E-state index in [1.807, 2.05) is 13.1 Å². The molecule has 0 unspecified atom stereocenters. The molecule has 1 amide bonds. The number of piperidine rings is 1. The Bertz CT molecular complexity index is 541. The topological polar surface area (TPSA) is 62.2 Å². The van der Waals surface area contributed by atoms with Crippen LogP contribution >= 0.6 is 0 Å². The van der Waals surface area contributed by atoms with E-state index in [4.69, 9.17) is 0 Å². The van der Waals surface area contributed by atoms with Crippen LogP contribution in [0.3, 0.4) is 0 Å². The van der Waals surface area contributed by atoms with Gasteiger partial charge in [0, 0.05) is 39.8 Å². The van der Waals surface area contributed by atoms with Crippen molar-refractivity contribution in [1.82, 2.24) is 20.0 Å². The molecular weight excluding hydrogens is 302 g/mol. The summed E-state index contributed by atoms with van der Waals surface area (Å²) in [5, 5.41) is 10.5. The molecule has 3 rings (SSSR count). The number of carbonyl (C=O) groups excluding carboxylic acids is 1. The number of nitrogens with one attached hydrogen (secondary N) is 2. The van der Waals surface area contributed by atoms with E-state index in [9.17, 15) is 4.79 Å². The minimum absolute atomic E-state index is 0.0843. The largest absolute Gasteiger partial charge is 0.357 e. The lowest BCUT2D eigenvalue weighted by Gasteiger charge is -2.42. The third kappa shape index (κ3) is 3.74. The lowest BCUT2D eigenvalue weighted by atomic mass is 9.84. The number of hydrogen-bond donors (Lipinski definition) is 2. The third-order valence-electron chi connectivity index (χ3n) is 5.80. The maximum Gasteiger partial charge on any atom is 0.245 e. The summed E-state index contributed by atoms with van der Waals surface area (Å²) in [4.78, 5) is 15.2. The van der Waals surface area contributed by atoms with Crippen LogP contribution in [0.2, 0.25) is 0 Å². The molecule has 2 aliphatic rings. The van der Waals surface area contributed by atoms with Gasteiger partial charge < -0.3 is 15.5 Å². The first-order valence-electron chi connectivity index (χ1n) is 9.34. The Morgan fingerprint density at radius 2 is 2.00 bits per heavy atom. The Labute approximate surface area is 145 Å². The van der Waals surface area contributed by atoms with Crippen LogP contribution in [0.5, 0.6) is 0 Å². The lowest BCUT2D eigenvalue weighted by Crippen LogP contribution is -2.58. The monoisotopic (exact) mass is 333 g/mol. The summed E-state index contributed by atoms with van der Waals surface area (Å²) in [7, 11) is 3.63. The maximum absolute atomic E-state index is 12.6. The van der Waals surface area contributed by atoms with Crippen LogP contribution in [0.1, 0.15) is 44.9 Å². The first kappa shape index (κ1) is 17.3. The number of aryl methyl sites for hydroxylation is 1. The fraction of sp³-hybridized carbons (Fsp3) is 0.778. The summed E-state index contributed by atoms with van der Waals surface area (Å²) in [6.07, 6.45) is 10.4. The number of rotatable bonds is 5. The Morgan fingerprint density at radius 1 is 1.29 bits per heavy atom. The number of hydrogen-bond acceptors (Lipinski definition) is 4. The van der Waals surface area contributed by atoms with Crippen LogP contribution in [0, 0.1) is 5.92 Å². The molecule has 0 radical (unpaired) electrons. The van der Waals surface area contributed by atoms with E-state index >= 15 is 0 Å². The van der Waals surface area contributed by atoms with E-state index in [2.05, 4.69) is 20.6 Å². The van der Waals surface area contributed by atoms with Crippen LogP contribution in [0.4, 0.5) is 5.82 Å². The Kier molecular flexibility index (Phi) is 5.43. The van der Waals surface area contributed by atoms with E-state index in [0.717, 1.165) is 37.7 Å². The highest BCUT2D eigenvalue weighted by atomic mass is 16.2. The molecule has 0 bridgehead atoms. The van der Waals surface area contributed by atoms with Gasteiger partial charge in [-0.15, -0.1) is 0 Å². The summed E-state index contributed by atoms with van der Waals surface area (Å²) < 4.78 is 1.79. The average molecular weight is 333 g/mol. The van der Waals surface area contributed by atoms with Gasteiger partial charge in [-0.2, -0.15) is 5.10 Å². The van der Waals surface area contributed by atoms with Crippen LogP contribution < -0.4 is 10.6 Å². The number of amides is 1. The number of anilines is 1. The first-order chi connectivity index (χ1) is 11.6. The number of likely N-dealkylation sites (N-methyl/N-ethyl adjacent to an activating group) is 1. The van der Waals surface area contributed by atoms with Crippen molar-refractivity contribution in [3.8, 4) is 0 Å². The predicted molar refractivity (Wildman–Crippen MR) is 95.9 cm³/mol. The fourth-order valence-electron chi connectivity index (χ4n) is 4.24. The summed E-state index contributed by atoms with van der Waals surface area (Å²) in [5.74, 6) is 1.84. The summed E-state index contributed by atoms with van der Waals surface area (Å²) in [5.41, 5.74) is -0.522. The highest BCUT2D eigenvalue weighted by molar-refractivity contribution is 5.89. The molecular formula is C18H31N5O. The van der Waals surface area contributed by atoms with Gasteiger partial charge >= 0.3 is 0 Å². The zero-order valence-electron chi connectivity index (χ0n) is 15.1. The second kappa shape index (κ2) is 7.55. The SMILES string of the molecule is CNC(=O)C1(Nc2ccnn2C)CCN(CC2CCCCC2)CC1. The van der Waals surface area contributed by atoms with Gasteiger partial charge in [0.25, 0.3) is 0 Å². The van der Waals surface area contributed by atoms with Gasteiger partial charge in [0.05, 0.1) is 6.20 Å². The Morgan fingerprint density at radius 3 is 2.58 bits per heavy atom. The number of likely N-dealkylation sites (tertiary alicyclic amines) is 1. The zero-order valence-corrected chi connectivity index (χ0v) is 15.1. The van der Waals surface area contributed by atoms with Crippen molar-refractivity contribution in [1.29, 1.82) is 0 Å². The van der Waals surface area contributed by atoms with Crippen molar-refractivity contribution in [2.75, 3.05) is 32.0 Å². The molecule has 2 heterocycles. The molecule has 0 atom stereocenters. The van der Waals surface area contributed by atoms with Gasteiger partial charge in [-0.3, -0.25) is 9.48 Å². The molecule has 2 fully saturated rings. The van der Waals surface area contributed by atoms with E-state index in [1.165, 1.54) is 38.6 Å². The van der Waals surface area contributed by atoms with E-state index < -0.39 is 5.54 Å². The zero-order chi connectivity index (χ0) is 17.0. The van der Waals surface area contributed by atoms with Gasteiger partial charge in [-0.1, -0.05) is 19.3 Å². The number of aromatic nitrogens is 2. The molecule has 6 nitrogen and oxygen atoms in total. The molecule has 1 aliphatic heterocycles. The van der Waals surface area contributed by atoms with Crippen molar-refractivity contribution < 1.29 is 4.79 Å². The molecule has 1 aromatic rings. The molecule has 1 aliphatic carbocycles. The Hall–Kier alpha value is -1.56. The lowest BCUT2D eigenvalue weighted by molar-refractivity contribution is -0.126. The van der Waals surface area contributed by atoms with Gasteiger partial charge in [0.15, 0.2) is 0 Å². The Balaban J connectivity index is 1.62. The van der Waals surface area contributed by atoms with E-state index in [-0.39, 0.29) is 5.91 Å². The number of carbonyl (C=O) groups is 1. The summed E-state index contributed by atoms with van der Waals surface area (Å²) in [6, 6.07) is 1.93. The molecule has 24 heavy (non-hydrogen) atoms. The van der Waals surface area contributed by atoms with Crippen molar-refractivity contribution in [2.24, 2.45) is 13.0 Å². The molecule has 0 spiro atoms. The van der Waals surface area contributed by atoms with Crippen LogP contribution in [0.15, 0.2) is 12.3 Å². The fourth-order valence-corrected chi connectivity index (χ4v) is 4.24. The highest BCUT2D eigenvalue weighted by Crippen LogP contribution is 2.30. The minimum Gasteiger partial charge on any atom is -0.357 e. The van der Waals surface area contributed by atoms with Gasteiger partial charge in [0.2, 0.25) is 5.91 Å². The van der Waals surface area contributed by atoms with Crippen molar-refractivity contribution in [3.05, 3.63) is 12.3 Å². The van der Waals surface area contributed by atoms with Crippen molar-refractivity contribution in [2.45, 2.75) is 50.5 Å². The predicted octanol–water partition coefficient (Wildman–Crippen LogP) is 1.99. The van der Waals surface area contributed by atoms with Gasteiger partial charge in [0.1, 0.15) is 11.4 Å². The molecule has 6 heteroatoms. The van der Waals surface area contributed by atoms with Crippen LogP contribution in [-0.2, 0) is 11.8 Å². The van der Waals surface area contributed by atoms with Crippen molar-refractivity contribution in [3.63, 3.8) is 0 Å². The maximum atomic E-state index is 12.6. The summed E-state index contributed by atoms with van der Waals surface area (Å²) >= 11 is 0. The molecule has 1 saturated carbocycles. The smallest absolute Gasteiger partial charge is 0.245 e. The number of nitrogens with zero attached hydrogens (tertiary/aromatic N) is 3. The third-order valence-corrected chi connectivity index (χ3v) is 5.80. The van der Waals surface area contributed by atoms with E-state index in [0.29, 0.717) is 0 Å². The normalized spacial score (nSPS) is 22.2. The quantitative estimate of drug-likeness (QED) is 0.865. The van der Waals surface area contributed by atoms with Crippen molar-refractivity contribution >= 4 is 11.7 Å². The molecule has 0 aromatic carbocycles. The molecule has 2 N–H and O–H groups in total. The van der Waals surface area contributed by atoms with Crippen LogP contribution in [-0.4, -0.2) is 52.8 Å². The first-order valence-corrected chi connectivity index (χ1v) is 9.34. The minimum atomic E-state index is -0.522. The second-order valence-electron chi connectivity index (χ2n) is 7.43. The highest BCUT2D eigenvalue weighted by Gasteiger charge is 2.41. The van der Waals surface area contributed by atoms with E-state index in [1.54, 1.807) is 17.9 Å². The molecule has 134 valence electrons.